The van der Waals surface area contributed by atoms with Crippen LogP contribution >= 0.6 is 0 Å². The molecule has 6 nitrogen and oxygen atoms in total. The third-order valence-corrected chi connectivity index (χ3v) is 2.94. The summed E-state index contributed by atoms with van der Waals surface area (Å²) in [6, 6.07) is 2.81. The van der Waals surface area contributed by atoms with Crippen LogP contribution in [0.1, 0.15) is 34.7 Å². The van der Waals surface area contributed by atoms with E-state index in [0.717, 1.165) is 0 Å². The molecule has 0 saturated heterocycles. The highest BCUT2D eigenvalue weighted by molar-refractivity contribution is 6.03. The Kier molecular flexibility index (Phi) is 5.64. The predicted octanol–water partition coefficient (Wildman–Crippen LogP) is 1.10. The van der Waals surface area contributed by atoms with Crippen molar-refractivity contribution < 1.29 is 14.7 Å². The van der Waals surface area contributed by atoms with Crippen LogP contribution in [0.3, 0.4) is 0 Å². The number of aromatic nitrogens is 1. The van der Waals surface area contributed by atoms with Crippen molar-refractivity contribution in [3.05, 3.63) is 29.6 Å². The summed E-state index contributed by atoms with van der Waals surface area (Å²) in [7, 11) is 3.84. The molecule has 0 fully saturated rings. The number of carboxylic acids is 1. The number of nitrogens with zero attached hydrogens (tertiary/aromatic N) is 2. The van der Waals surface area contributed by atoms with Crippen molar-refractivity contribution in [2.75, 3.05) is 20.6 Å². The lowest BCUT2D eigenvalue weighted by atomic mass is 10.0. The van der Waals surface area contributed by atoms with Gasteiger partial charge in [0.1, 0.15) is 5.69 Å². The number of carbonyl (C=O) groups excluding carboxylic acids is 1. The summed E-state index contributed by atoms with van der Waals surface area (Å²) in [4.78, 5) is 29.2. The van der Waals surface area contributed by atoms with Crippen molar-refractivity contribution in [2.24, 2.45) is 5.92 Å². The molecule has 0 spiro atoms. The molecule has 1 heterocycles. The highest BCUT2D eigenvalue weighted by Gasteiger charge is 2.22. The normalized spacial score (nSPS) is 12.5. The van der Waals surface area contributed by atoms with Gasteiger partial charge in [-0.2, -0.15) is 0 Å². The molecule has 0 bridgehead atoms. The number of aromatic carboxylic acids is 1. The van der Waals surface area contributed by atoms with Crippen LogP contribution in [-0.4, -0.2) is 53.5 Å². The summed E-state index contributed by atoms with van der Waals surface area (Å²) in [5, 5.41) is 11.9. The fourth-order valence-electron chi connectivity index (χ4n) is 1.81. The van der Waals surface area contributed by atoms with Gasteiger partial charge in [0, 0.05) is 18.8 Å². The minimum Gasteiger partial charge on any atom is -0.478 e. The third-order valence-electron chi connectivity index (χ3n) is 2.94. The standard InChI is InChI=1S/C14H21N3O3/c1-9(2)11(8-17(3)4)16-13(18)12-10(14(19)20)6-5-7-15-12/h5-7,9,11H,8H2,1-4H3,(H,16,18)(H,19,20). The van der Waals surface area contributed by atoms with Gasteiger partial charge in [0.05, 0.1) is 5.56 Å². The summed E-state index contributed by atoms with van der Waals surface area (Å²) >= 11 is 0. The molecule has 1 atom stereocenters. The second-order valence-electron chi connectivity index (χ2n) is 5.29. The summed E-state index contributed by atoms with van der Waals surface area (Å²) in [5.41, 5.74) is -0.137. The molecule has 1 rings (SSSR count). The first-order valence-electron chi connectivity index (χ1n) is 6.46. The van der Waals surface area contributed by atoms with Crippen LogP contribution in [0.2, 0.25) is 0 Å². The Morgan fingerprint density at radius 3 is 2.55 bits per heavy atom. The Morgan fingerprint density at radius 2 is 2.05 bits per heavy atom. The van der Waals surface area contributed by atoms with E-state index < -0.39 is 11.9 Å². The molecule has 0 saturated carbocycles. The van der Waals surface area contributed by atoms with Gasteiger partial charge in [-0.3, -0.25) is 9.78 Å². The fraction of sp³-hybridized carbons (Fsp3) is 0.500. The van der Waals surface area contributed by atoms with Crippen LogP contribution in [0.5, 0.6) is 0 Å². The van der Waals surface area contributed by atoms with Crippen LogP contribution in [0.25, 0.3) is 0 Å². The van der Waals surface area contributed by atoms with Crippen LogP contribution in [0.15, 0.2) is 18.3 Å². The molecule has 1 amide bonds. The smallest absolute Gasteiger partial charge is 0.338 e. The maximum Gasteiger partial charge on any atom is 0.338 e. The van der Waals surface area contributed by atoms with E-state index in [0.29, 0.717) is 6.54 Å². The molecule has 0 radical (unpaired) electrons. The van der Waals surface area contributed by atoms with E-state index >= 15 is 0 Å². The number of likely N-dealkylation sites (N-methyl/N-ethyl adjacent to an activating group) is 1. The maximum absolute atomic E-state index is 12.2. The molecule has 1 aromatic heterocycles. The number of hydrogen-bond acceptors (Lipinski definition) is 4. The number of carbonyl (C=O) groups is 2. The van der Waals surface area contributed by atoms with Gasteiger partial charge in [-0.15, -0.1) is 0 Å². The van der Waals surface area contributed by atoms with Crippen molar-refractivity contribution in [2.45, 2.75) is 19.9 Å². The second-order valence-corrected chi connectivity index (χ2v) is 5.29. The van der Waals surface area contributed by atoms with Gasteiger partial charge in [0.25, 0.3) is 5.91 Å². The monoisotopic (exact) mass is 279 g/mol. The number of carboxylic acid groups (broad SMARTS) is 1. The highest BCUT2D eigenvalue weighted by atomic mass is 16.4. The average molecular weight is 279 g/mol. The number of hydrogen-bond donors (Lipinski definition) is 2. The number of nitrogens with one attached hydrogen (secondary N) is 1. The van der Waals surface area contributed by atoms with E-state index in [4.69, 9.17) is 5.11 Å². The number of amides is 1. The number of pyridine rings is 1. The van der Waals surface area contributed by atoms with Crippen LogP contribution < -0.4 is 5.32 Å². The predicted molar refractivity (Wildman–Crippen MR) is 75.8 cm³/mol. The molecular weight excluding hydrogens is 258 g/mol. The molecule has 0 aromatic carbocycles. The van der Waals surface area contributed by atoms with Gasteiger partial charge in [0.15, 0.2) is 0 Å². The number of rotatable bonds is 6. The highest BCUT2D eigenvalue weighted by Crippen LogP contribution is 2.08. The Morgan fingerprint density at radius 1 is 1.40 bits per heavy atom. The van der Waals surface area contributed by atoms with Gasteiger partial charge < -0.3 is 15.3 Å². The Balaban J connectivity index is 2.92. The quantitative estimate of drug-likeness (QED) is 0.814. The second kappa shape index (κ2) is 7.00. The molecule has 2 N–H and O–H groups in total. The van der Waals surface area contributed by atoms with Gasteiger partial charge in [-0.25, -0.2) is 4.79 Å². The zero-order chi connectivity index (χ0) is 15.3. The largest absolute Gasteiger partial charge is 0.478 e. The van der Waals surface area contributed by atoms with E-state index in [-0.39, 0.29) is 23.2 Å². The van der Waals surface area contributed by atoms with E-state index in [1.807, 2.05) is 32.8 Å². The SMILES string of the molecule is CC(C)C(CN(C)C)NC(=O)c1ncccc1C(=O)O. The first kappa shape index (κ1) is 16.1. The lowest BCUT2D eigenvalue weighted by Crippen LogP contribution is -2.45. The third kappa shape index (κ3) is 4.31. The summed E-state index contributed by atoms with van der Waals surface area (Å²) in [6.07, 6.45) is 1.41. The van der Waals surface area contributed by atoms with E-state index in [2.05, 4.69) is 10.3 Å². The van der Waals surface area contributed by atoms with Gasteiger partial charge in [-0.1, -0.05) is 13.8 Å². The van der Waals surface area contributed by atoms with E-state index in [1.54, 1.807) is 0 Å². The summed E-state index contributed by atoms with van der Waals surface area (Å²) in [5.74, 6) is -1.38. The molecule has 1 unspecified atom stereocenters. The molecule has 0 aliphatic carbocycles. The molecule has 1 aromatic rings. The Labute approximate surface area is 118 Å². The minimum atomic E-state index is -1.16. The van der Waals surface area contributed by atoms with Crippen molar-refractivity contribution in [3.8, 4) is 0 Å². The molecule has 0 aliphatic rings. The first-order valence-corrected chi connectivity index (χ1v) is 6.46. The van der Waals surface area contributed by atoms with Crippen LogP contribution in [0, 0.1) is 5.92 Å². The van der Waals surface area contributed by atoms with Gasteiger partial charge in [0.2, 0.25) is 0 Å². The lowest BCUT2D eigenvalue weighted by molar-refractivity contribution is 0.0688. The molecule has 110 valence electrons. The zero-order valence-electron chi connectivity index (χ0n) is 12.3. The van der Waals surface area contributed by atoms with E-state index in [9.17, 15) is 9.59 Å². The molecule has 20 heavy (non-hydrogen) atoms. The molecule has 6 heteroatoms. The minimum absolute atomic E-state index is 0.0515. The maximum atomic E-state index is 12.2. The van der Waals surface area contributed by atoms with Crippen molar-refractivity contribution in [3.63, 3.8) is 0 Å². The lowest BCUT2D eigenvalue weighted by Gasteiger charge is -2.25. The van der Waals surface area contributed by atoms with E-state index in [1.165, 1.54) is 18.3 Å². The van der Waals surface area contributed by atoms with Crippen LogP contribution in [-0.2, 0) is 0 Å². The van der Waals surface area contributed by atoms with Gasteiger partial charge >= 0.3 is 5.97 Å². The first-order chi connectivity index (χ1) is 9.32. The topological polar surface area (TPSA) is 82.5 Å². The zero-order valence-corrected chi connectivity index (χ0v) is 12.3. The summed E-state index contributed by atoms with van der Waals surface area (Å²) < 4.78 is 0. The molecule has 0 aliphatic heterocycles. The van der Waals surface area contributed by atoms with Crippen molar-refractivity contribution >= 4 is 11.9 Å². The fourth-order valence-corrected chi connectivity index (χ4v) is 1.81. The van der Waals surface area contributed by atoms with Gasteiger partial charge in [-0.05, 0) is 32.1 Å². The van der Waals surface area contributed by atoms with Crippen molar-refractivity contribution in [1.29, 1.82) is 0 Å². The Bertz CT molecular complexity index is 486. The molecular formula is C14H21N3O3. The Hall–Kier alpha value is -1.95. The van der Waals surface area contributed by atoms with Crippen molar-refractivity contribution in [1.82, 2.24) is 15.2 Å². The summed E-state index contributed by atoms with van der Waals surface area (Å²) in [6.45, 7) is 4.69. The average Bonchev–Trinajstić information content (AvgIpc) is 2.37. The van der Waals surface area contributed by atoms with Crippen LogP contribution in [0.4, 0.5) is 0 Å².